The normalized spacial score (nSPS) is 13.4. The van der Waals surface area contributed by atoms with Gasteiger partial charge in [0, 0.05) is 208 Å². The minimum absolute atomic E-state index is 0. The van der Waals surface area contributed by atoms with Crippen molar-refractivity contribution in [1.82, 2.24) is 19.9 Å². The average molecular weight is 2620 g/mol. The molecule has 16 rings (SSSR count). The average Bonchev–Trinajstić information content (AvgIpc) is 1.58. The summed E-state index contributed by atoms with van der Waals surface area (Å²) in [6.07, 6.45) is 17.7. The van der Waals surface area contributed by atoms with Gasteiger partial charge in [0.2, 0.25) is 0 Å². The quantitative estimate of drug-likeness (QED) is 0.0254. The van der Waals surface area contributed by atoms with E-state index in [0.717, 1.165) is 45.0 Å². The second kappa shape index (κ2) is 56.3. The summed E-state index contributed by atoms with van der Waals surface area (Å²) in [5.41, 5.74) is 32.1. The van der Waals surface area contributed by atoms with Gasteiger partial charge in [-0.1, -0.05) is 289 Å². The van der Waals surface area contributed by atoms with Crippen LogP contribution in [0.25, 0.3) is 89.5 Å². The molecule has 0 atom stereocenters. The molecule has 0 saturated carbocycles. The van der Waals surface area contributed by atoms with Gasteiger partial charge in [-0.25, -0.2) is 0 Å². The third-order valence-corrected chi connectivity index (χ3v) is 24.5. The van der Waals surface area contributed by atoms with E-state index in [0.29, 0.717) is 98.7 Å². The molecule has 142 heavy (non-hydrogen) atoms. The van der Waals surface area contributed by atoms with Crippen LogP contribution in [0.15, 0.2) is 278 Å². The molecular weight excluding hydrogens is 2470 g/mol. The van der Waals surface area contributed by atoms with Crippen molar-refractivity contribution in [2.24, 2.45) is 47.3 Å². The van der Waals surface area contributed by atoms with Crippen LogP contribution in [0.5, 0.6) is 0 Å². The number of aryl methyl sites for hydroxylation is 2. The van der Waals surface area contributed by atoms with Gasteiger partial charge in [0.15, 0.2) is 23.1 Å². The van der Waals surface area contributed by atoms with Crippen LogP contribution < -0.4 is 0 Å². The van der Waals surface area contributed by atoms with Gasteiger partial charge >= 0.3 is 0 Å². The second-order valence-electron chi connectivity index (χ2n) is 42.4. The van der Waals surface area contributed by atoms with Gasteiger partial charge in [-0.15, -0.1) is 143 Å². The standard InChI is InChI=1S/2C21H18N.2C20H16N.4C11H20O2.4Ir/c1-14-7-6-8-15(11-14)20-12-19-17(13-22-20)16-9-4-5-10-18(16)21(19,2)3;1-14-7-6-8-15(13-14)20-19-17(11-12-22-20)16-9-4-5-10-18(16)21(19,2)3;1-20(2)17-11-7-6-10-15(17)16-12-19(21-13-18(16)20)14-8-4-3-5-9-14;1-20(2)17-11-7-6-10-15(17)16-12-13-21-19(18(16)20)14-8-4-3-5-9-14;4*1-8(2)5-10(12)7-11(13)6-9(3)4;;;;/h2*4-7,9-13H,1-3H3;2*3-8,10-13H,1-2H3;4*7-9,12H,5-6H2,1-4H3;;;;/q4*-1;;;;;;;;. The molecule has 0 unspecified atom stereocenters. The monoisotopic (exact) mass is 2620 g/mol. The van der Waals surface area contributed by atoms with Crippen LogP contribution in [0.2, 0.25) is 0 Å². The number of ketones is 4. The van der Waals surface area contributed by atoms with E-state index in [1.165, 1.54) is 124 Å². The van der Waals surface area contributed by atoms with Crippen molar-refractivity contribution in [3.05, 3.63) is 358 Å². The zero-order valence-electron chi connectivity index (χ0n) is 88.1. The van der Waals surface area contributed by atoms with Crippen LogP contribution in [0.4, 0.5) is 0 Å². The third kappa shape index (κ3) is 34.0. The predicted octanol–water partition coefficient (Wildman–Crippen LogP) is 32.4. The minimum atomic E-state index is -0.0346. The molecule has 0 amide bonds. The molecule has 760 valence electrons. The van der Waals surface area contributed by atoms with E-state index in [9.17, 15) is 39.6 Å². The number of benzene rings is 8. The number of hydrogen-bond donors (Lipinski definition) is 4. The molecule has 4 N–H and O–H groups in total. The van der Waals surface area contributed by atoms with Crippen molar-refractivity contribution in [1.29, 1.82) is 0 Å². The van der Waals surface area contributed by atoms with Crippen molar-refractivity contribution in [2.45, 2.75) is 253 Å². The molecule has 0 aliphatic heterocycles. The Hall–Kier alpha value is -10.2. The van der Waals surface area contributed by atoms with Gasteiger partial charge in [-0.3, -0.25) is 19.2 Å². The number of carbonyl (C=O) groups is 4. The first-order valence-electron chi connectivity index (χ1n) is 49.2. The van der Waals surface area contributed by atoms with Crippen molar-refractivity contribution in [3.8, 4) is 89.5 Å². The number of aliphatic hydroxyl groups is 4. The van der Waals surface area contributed by atoms with Crippen LogP contribution in [0.1, 0.15) is 273 Å². The summed E-state index contributed by atoms with van der Waals surface area (Å²) >= 11 is 0. The number of carbonyl (C=O) groups excluding carboxylic acids is 4. The number of aromatic nitrogens is 4. The van der Waals surface area contributed by atoms with Crippen LogP contribution in [-0.2, 0) is 121 Å². The Labute approximate surface area is 903 Å². The first-order valence-corrected chi connectivity index (χ1v) is 49.2. The summed E-state index contributed by atoms with van der Waals surface area (Å²) in [6, 6.07) is 85.1. The number of pyridine rings is 4. The number of aliphatic hydroxyl groups excluding tert-OH is 4. The third-order valence-electron chi connectivity index (χ3n) is 24.5. The Morgan fingerprint density at radius 3 is 0.915 bits per heavy atom. The van der Waals surface area contributed by atoms with Gasteiger partial charge in [0.1, 0.15) is 0 Å². The largest absolute Gasteiger partial charge is 0.512 e. The Bertz CT molecular complexity index is 6110. The number of nitrogens with zero attached hydrogens (tertiary/aromatic N) is 4. The molecule has 12 aromatic rings. The fourth-order valence-electron chi connectivity index (χ4n) is 18.4. The smallest absolute Gasteiger partial charge is 0.159 e. The van der Waals surface area contributed by atoms with Gasteiger partial charge in [-0.05, 0) is 166 Å². The zero-order chi connectivity index (χ0) is 101. The zero-order valence-corrected chi connectivity index (χ0v) is 97.6. The molecule has 4 aliphatic carbocycles. The van der Waals surface area contributed by atoms with E-state index in [1.54, 1.807) is 0 Å². The summed E-state index contributed by atoms with van der Waals surface area (Å²) in [4.78, 5) is 63.6. The maximum atomic E-state index is 11.2. The van der Waals surface area contributed by atoms with Gasteiger partial charge in [0.05, 0.1) is 23.0 Å². The van der Waals surface area contributed by atoms with E-state index < -0.39 is 0 Å². The van der Waals surface area contributed by atoms with Crippen molar-refractivity contribution >= 4 is 23.1 Å². The number of fused-ring (bicyclic) bond motifs is 12. The van der Waals surface area contributed by atoms with Gasteiger partial charge in [0.25, 0.3) is 0 Å². The Kier molecular flexibility index (Phi) is 48.5. The molecule has 0 spiro atoms. The Balaban J connectivity index is 0.000000288. The number of rotatable bonds is 24. The number of allylic oxidation sites excluding steroid dienone is 8. The molecule has 4 heterocycles. The fraction of sp³-hybridized carbons (Fsp3) is 0.365. The van der Waals surface area contributed by atoms with E-state index in [4.69, 9.17) is 9.97 Å². The first-order chi connectivity index (χ1) is 65.2. The van der Waals surface area contributed by atoms with Crippen LogP contribution in [-0.4, -0.2) is 63.5 Å². The maximum Gasteiger partial charge on any atom is 0.159 e. The van der Waals surface area contributed by atoms with Crippen molar-refractivity contribution < 1.29 is 120 Å². The van der Waals surface area contributed by atoms with Crippen LogP contribution >= 0.6 is 0 Å². The summed E-state index contributed by atoms with van der Waals surface area (Å²) in [7, 11) is 0. The molecule has 0 saturated heterocycles. The topological polar surface area (TPSA) is 201 Å². The molecule has 0 bridgehead atoms. The molecule has 4 aliphatic rings. The SMILES string of the molecule is CC(C)CC(=O)C=C(O)CC(C)C.CC(C)CC(=O)C=C(O)CC(C)C.CC(C)CC(=O)C=C(O)CC(C)C.CC(C)CC(=O)C=C(O)CC(C)C.CC1(C)c2ccccc2-c2cc(-c3[c-]cccc3)ncc21.CC1(C)c2ccccc2-c2ccnc(-c3[c-]cccc3)c21.Cc1cc[c-]c(-c2cc3c(cn2)-c2ccccc2C3(C)C)c1.Cc1cc[c-]c(-c2nccc3c2C(C)(C)c2ccccc2-3)c1.[Ir].[Ir].[Ir].[Ir]. The Morgan fingerprint density at radius 1 is 0.275 bits per heavy atom. The molecule has 4 radical (unpaired) electrons. The van der Waals surface area contributed by atoms with E-state index in [2.05, 4.69) is 261 Å². The molecular formula is C126H148Ir4N4O8-4. The van der Waals surface area contributed by atoms with E-state index >= 15 is 0 Å². The van der Waals surface area contributed by atoms with Crippen molar-refractivity contribution in [3.63, 3.8) is 0 Å². The summed E-state index contributed by atoms with van der Waals surface area (Å²) < 4.78 is 0. The molecule has 12 nitrogen and oxygen atoms in total. The second-order valence-corrected chi connectivity index (χ2v) is 42.4. The maximum absolute atomic E-state index is 11.2. The number of hydrogen-bond acceptors (Lipinski definition) is 12. The van der Waals surface area contributed by atoms with E-state index in [-0.39, 0.29) is 148 Å². The van der Waals surface area contributed by atoms with E-state index in [1.807, 2.05) is 184 Å². The minimum Gasteiger partial charge on any atom is -0.512 e. The summed E-state index contributed by atoms with van der Waals surface area (Å²) in [5, 5.41) is 37.4. The predicted molar refractivity (Wildman–Crippen MR) is 572 cm³/mol. The summed E-state index contributed by atoms with van der Waals surface area (Å²) in [6.45, 7) is 54.5. The summed E-state index contributed by atoms with van der Waals surface area (Å²) in [5.74, 6) is 3.92. The molecule has 4 aromatic heterocycles. The Morgan fingerprint density at radius 2 is 0.563 bits per heavy atom. The van der Waals surface area contributed by atoms with Gasteiger partial charge in [-0.2, -0.15) is 0 Å². The molecule has 8 aromatic carbocycles. The molecule has 0 fully saturated rings. The van der Waals surface area contributed by atoms with Gasteiger partial charge < -0.3 is 40.4 Å². The molecule has 16 heteroatoms. The first kappa shape index (κ1) is 122. The fourth-order valence-corrected chi connectivity index (χ4v) is 18.4. The van der Waals surface area contributed by atoms with Crippen LogP contribution in [0.3, 0.4) is 0 Å². The van der Waals surface area contributed by atoms with Crippen LogP contribution in [0, 0.1) is 85.5 Å². The van der Waals surface area contributed by atoms with Crippen molar-refractivity contribution in [2.75, 3.05) is 0 Å².